The molecule has 0 aromatic heterocycles. The predicted octanol–water partition coefficient (Wildman–Crippen LogP) is 3.61. The van der Waals surface area contributed by atoms with Gasteiger partial charge in [-0.2, -0.15) is 0 Å². The summed E-state index contributed by atoms with van der Waals surface area (Å²) in [4.78, 5) is 7.73. The number of guanidine groups is 1. The molecule has 2 N–H and O–H groups in total. The fourth-order valence-electron chi connectivity index (χ4n) is 4.95. The number of likely N-dealkylation sites (tertiary alicyclic amines) is 1. The van der Waals surface area contributed by atoms with Crippen LogP contribution in [0.2, 0.25) is 0 Å². The molecule has 0 spiro atoms. The number of hydrogen-bond acceptors (Lipinski definition) is 2. The van der Waals surface area contributed by atoms with Crippen LogP contribution in [-0.4, -0.2) is 49.1 Å². The summed E-state index contributed by atoms with van der Waals surface area (Å²) in [6.45, 7) is 6.67. The minimum absolute atomic E-state index is 0. The summed E-state index contributed by atoms with van der Waals surface area (Å²) in [7, 11) is 0. The van der Waals surface area contributed by atoms with E-state index in [-0.39, 0.29) is 24.0 Å². The zero-order valence-corrected chi connectivity index (χ0v) is 18.2. The molecule has 0 radical (unpaired) electrons. The van der Waals surface area contributed by atoms with Crippen molar-refractivity contribution in [3.8, 4) is 0 Å². The molecule has 3 aliphatic carbocycles. The largest absolute Gasteiger partial charge is 0.357 e. The summed E-state index contributed by atoms with van der Waals surface area (Å²) >= 11 is 0. The Kier molecular flexibility index (Phi) is 7.29. The van der Waals surface area contributed by atoms with Crippen LogP contribution in [0.5, 0.6) is 0 Å². The topological polar surface area (TPSA) is 39.7 Å². The van der Waals surface area contributed by atoms with E-state index in [1.165, 1.54) is 70.9 Å². The van der Waals surface area contributed by atoms with Gasteiger partial charge in [-0.1, -0.05) is 12.8 Å². The normalized spacial score (nSPS) is 28.4. The average Bonchev–Trinajstić information content (AvgIpc) is 3.49. The van der Waals surface area contributed by atoms with E-state index in [1.807, 2.05) is 0 Å². The quantitative estimate of drug-likeness (QED) is 0.347. The zero-order valence-electron chi connectivity index (χ0n) is 15.9. The maximum atomic E-state index is 5.00. The fraction of sp³-hybridized carbons (Fsp3) is 0.950. The number of nitrogens with zero attached hydrogens (tertiary/aromatic N) is 2. The highest BCUT2D eigenvalue weighted by Crippen LogP contribution is 2.49. The lowest BCUT2D eigenvalue weighted by molar-refractivity contribution is 0.242. The van der Waals surface area contributed by atoms with Crippen molar-refractivity contribution in [2.24, 2.45) is 22.7 Å². The summed E-state index contributed by atoms with van der Waals surface area (Å²) < 4.78 is 0. The minimum atomic E-state index is 0. The molecule has 4 rings (SSSR count). The number of aliphatic imine (C=N–C) groups is 1. The standard InChI is InChI=1S/C20H36N4.HI/c1-2-21-20(22-13-19(15-7-8-15)16-9-10-16)23-17-11-12-24(14-17)18-5-3-4-6-18;/h15-19H,2-14H2,1H3,(H2,21,22,23);1H. The van der Waals surface area contributed by atoms with Crippen LogP contribution in [0, 0.1) is 17.8 Å². The monoisotopic (exact) mass is 460 g/mol. The first-order valence-electron chi connectivity index (χ1n) is 10.6. The molecule has 1 saturated heterocycles. The van der Waals surface area contributed by atoms with Gasteiger partial charge in [-0.15, -0.1) is 24.0 Å². The first-order chi connectivity index (χ1) is 11.8. The molecule has 3 saturated carbocycles. The van der Waals surface area contributed by atoms with E-state index in [0.29, 0.717) is 6.04 Å². The van der Waals surface area contributed by atoms with Gasteiger partial charge in [-0.05, 0) is 69.6 Å². The molecule has 0 aromatic rings. The molecule has 5 heteroatoms. The first kappa shape index (κ1) is 19.7. The third-order valence-corrected chi connectivity index (χ3v) is 6.66. The molecule has 4 aliphatic rings. The van der Waals surface area contributed by atoms with E-state index in [2.05, 4.69) is 22.5 Å². The van der Waals surface area contributed by atoms with Gasteiger partial charge in [0.15, 0.2) is 5.96 Å². The molecule has 1 aliphatic heterocycles. The summed E-state index contributed by atoms with van der Waals surface area (Å²) in [6, 6.07) is 1.45. The molecule has 144 valence electrons. The number of hydrogen-bond donors (Lipinski definition) is 2. The Hall–Kier alpha value is -0.0400. The van der Waals surface area contributed by atoms with Gasteiger partial charge in [0.05, 0.1) is 0 Å². The van der Waals surface area contributed by atoms with Crippen LogP contribution >= 0.6 is 24.0 Å². The molecule has 4 nitrogen and oxygen atoms in total. The van der Waals surface area contributed by atoms with Crippen LogP contribution < -0.4 is 10.6 Å². The zero-order chi connectivity index (χ0) is 16.4. The lowest BCUT2D eigenvalue weighted by Gasteiger charge is -2.24. The van der Waals surface area contributed by atoms with Gasteiger partial charge in [-0.3, -0.25) is 9.89 Å². The second kappa shape index (κ2) is 9.25. The average molecular weight is 460 g/mol. The van der Waals surface area contributed by atoms with Crippen molar-refractivity contribution in [1.29, 1.82) is 0 Å². The van der Waals surface area contributed by atoms with Gasteiger partial charge in [0.25, 0.3) is 0 Å². The predicted molar refractivity (Wildman–Crippen MR) is 116 cm³/mol. The second-order valence-electron chi connectivity index (χ2n) is 8.62. The Morgan fingerprint density at radius 2 is 1.72 bits per heavy atom. The minimum Gasteiger partial charge on any atom is -0.357 e. The van der Waals surface area contributed by atoms with Crippen LogP contribution in [0.3, 0.4) is 0 Å². The Balaban J connectivity index is 0.00000182. The van der Waals surface area contributed by atoms with Crippen molar-refractivity contribution >= 4 is 29.9 Å². The molecule has 25 heavy (non-hydrogen) atoms. The van der Waals surface area contributed by atoms with Crippen molar-refractivity contribution in [1.82, 2.24) is 15.5 Å². The van der Waals surface area contributed by atoms with Crippen molar-refractivity contribution in [2.75, 3.05) is 26.2 Å². The van der Waals surface area contributed by atoms with Crippen LogP contribution in [0.25, 0.3) is 0 Å². The molecule has 0 aromatic carbocycles. The Bertz CT molecular complexity index is 429. The molecular weight excluding hydrogens is 423 g/mol. The Labute approximate surface area is 171 Å². The van der Waals surface area contributed by atoms with E-state index < -0.39 is 0 Å². The molecule has 1 heterocycles. The van der Waals surface area contributed by atoms with Gasteiger partial charge in [0, 0.05) is 38.3 Å². The van der Waals surface area contributed by atoms with Gasteiger partial charge in [-0.25, -0.2) is 0 Å². The maximum absolute atomic E-state index is 5.00. The lowest BCUT2D eigenvalue weighted by atomic mass is 9.98. The number of rotatable bonds is 7. The van der Waals surface area contributed by atoms with Crippen molar-refractivity contribution < 1.29 is 0 Å². The molecular formula is C20H37IN4. The van der Waals surface area contributed by atoms with Crippen LogP contribution in [0.4, 0.5) is 0 Å². The van der Waals surface area contributed by atoms with Crippen LogP contribution in [-0.2, 0) is 0 Å². The van der Waals surface area contributed by atoms with Crippen molar-refractivity contribution in [3.63, 3.8) is 0 Å². The van der Waals surface area contributed by atoms with E-state index in [1.54, 1.807) is 0 Å². The van der Waals surface area contributed by atoms with Crippen molar-refractivity contribution in [2.45, 2.75) is 76.8 Å². The van der Waals surface area contributed by atoms with E-state index >= 15 is 0 Å². The third kappa shape index (κ3) is 5.47. The Morgan fingerprint density at radius 3 is 2.32 bits per heavy atom. The van der Waals surface area contributed by atoms with Crippen molar-refractivity contribution in [3.05, 3.63) is 0 Å². The number of halogens is 1. The molecule has 0 amide bonds. The molecule has 1 atom stereocenters. The van der Waals surface area contributed by atoms with E-state index in [0.717, 1.165) is 42.8 Å². The summed E-state index contributed by atoms with van der Waals surface area (Å²) in [5.41, 5.74) is 0. The maximum Gasteiger partial charge on any atom is 0.191 e. The molecule has 1 unspecified atom stereocenters. The highest BCUT2D eigenvalue weighted by molar-refractivity contribution is 14.0. The summed E-state index contributed by atoms with van der Waals surface area (Å²) in [6.07, 6.45) is 12.8. The Morgan fingerprint density at radius 1 is 1.04 bits per heavy atom. The summed E-state index contributed by atoms with van der Waals surface area (Å²) in [5.74, 6) is 3.93. The molecule has 0 bridgehead atoms. The second-order valence-corrected chi connectivity index (χ2v) is 8.62. The van der Waals surface area contributed by atoms with Crippen LogP contribution in [0.15, 0.2) is 4.99 Å². The highest BCUT2D eigenvalue weighted by Gasteiger charge is 2.41. The van der Waals surface area contributed by atoms with Gasteiger partial charge >= 0.3 is 0 Å². The van der Waals surface area contributed by atoms with Crippen LogP contribution in [0.1, 0.15) is 64.7 Å². The molecule has 4 fully saturated rings. The van der Waals surface area contributed by atoms with E-state index in [9.17, 15) is 0 Å². The first-order valence-corrected chi connectivity index (χ1v) is 10.6. The van der Waals surface area contributed by atoms with Gasteiger partial charge in [0.1, 0.15) is 0 Å². The smallest absolute Gasteiger partial charge is 0.191 e. The van der Waals surface area contributed by atoms with Gasteiger partial charge in [0.2, 0.25) is 0 Å². The highest BCUT2D eigenvalue weighted by atomic mass is 127. The summed E-state index contributed by atoms with van der Waals surface area (Å²) in [5, 5.41) is 7.23. The SMILES string of the molecule is CCNC(=NCC(C1CC1)C1CC1)NC1CCN(C2CCCC2)C1.I. The number of nitrogens with one attached hydrogen (secondary N) is 2. The fourth-order valence-corrected chi connectivity index (χ4v) is 4.95. The van der Waals surface area contributed by atoms with Gasteiger partial charge < -0.3 is 10.6 Å². The lowest BCUT2D eigenvalue weighted by Crippen LogP contribution is -2.45. The van der Waals surface area contributed by atoms with E-state index in [4.69, 9.17) is 4.99 Å². The third-order valence-electron chi connectivity index (χ3n) is 6.66.